The summed E-state index contributed by atoms with van der Waals surface area (Å²) in [5.41, 5.74) is 0. The highest BCUT2D eigenvalue weighted by atomic mass is 16.2. The van der Waals surface area contributed by atoms with E-state index in [1.54, 1.807) is 11.0 Å². The monoisotopic (exact) mass is 236 g/mol. The van der Waals surface area contributed by atoms with Gasteiger partial charge >= 0.3 is 0 Å². The first kappa shape index (κ1) is 12.6. The Labute approximate surface area is 104 Å². The minimum Gasteiger partial charge on any atom is -0.341 e. The van der Waals surface area contributed by atoms with Gasteiger partial charge in [-0.2, -0.15) is 0 Å². The van der Waals surface area contributed by atoms with Crippen LogP contribution in [0.1, 0.15) is 38.5 Å². The molecule has 1 saturated heterocycles. The van der Waals surface area contributed by atoms with Gasteiger partial charge in [-0.05, 0) is 31.6 Å². The standard InChI is InChI=1S/C14H24N2O/c1-3-10-16(2)14(17)13-9-8-11-6-4-5-7-12(11)15-13/h3,11-13,15H,1,4-10H2,2H3. The van der Waals surface area contributed by atoms with Crippen molar-refractivity contribution in [1.29, 1.82) is 0 Å². The molecule has 0 spiro atoms. The van der Waals surface area contributed by atoms with Crippen molar-refractivity contribution in [2.24, 2.45) is 5.92 Å². The first-order valence-electron chi connectivity index (χ1n) is 6.84. The van der Waals surface area contributed by atoms with Crippen molar-refractivity contribution >= 4 is 5.91 Å². The Morgan fingerprint density at radius 3 is 2.88 bits per heavy atom. The Bertz CT molecular complexity index is 290. The molecule has 0 bridgehead atoms. The molecule has 1 heterocycles. The van der Waals surface area contributed by atoms with Crippen LogP contribution in [-0.4, -0.2) is 36.5 Å². The van der Waals surface area contributed by atoms with Crippen LogP contribution in [-0.2, 0) is 4.79 Å². The van der Waals surface area contributed by atoms with E-state index in [0.717, 1.165) is 12.3 Å². The van der Waals surface area contributed by atoms with Gasteiger partial charge in [0.05, 0.1) is 6.04 Å². The molecule has 1 aliphatic carbocycles. The van der Waals surface area contributed by atoms with E-state index in [1.807, 2.05) is 7.05 Å². The third-order valence-electron chi connectivity index (χ3n) is 4.23. The largest absolute Gasteiger partial charge is 0.341 e. The van der Waals surface area contributed by atoms with Gasteiger partial charge in [0.25, 0.3) is 0 Å². The van der Waals surface area contributed by atoms with E-state index in [-0.39, 0.29) is 11.9 Å². The van der Waals surface area contributed by atoms with Gasteiger partial charge in [0.15, 0.2) is 0 Å². The van der Waals surface area contributed by atoms with Gasteiger partial charge in [-0.25, -0.2) is 0 Å². The van der Waals surface area contributed by atoms with Crippen molar-refractivity contribution in [2.45, 2.75) is 50.6 Å². The summed E-state index contributed by atoms with van der Waals surface area (Å²) >= 11 is 0. The zero-order valence-corrected chi connectivity index (χ0v) is 10.8. The van der Waals surface area contributed by atoms with Gasteiger partial charge in [-0.1, -0.05) is 18.9 Å². The summed E-state index contributed by atoms with van der Waals surface area (Å²) in [5.74, 6) is 1.05. The van der Waals surface area contributed by atoms with Crippen molar-refractivity contribution in [3.63, 3.8) is 0 Å². The molecule has 0 aromatic heterocycles. The number of fused-ring (bicyclic) bond motifs is 1. The Hall–Kier alpha value is -0.830. The summed E-state index contributed by atoms with van der Waals surface area (Å²) in [6, 6.07) is 0.628. The van der Waals surface area contributed by atoms with E-state index in [4.69, 9.17) is 0 Å². The third kappa shape index (κ3) is 2.89. The fraction of sp³-hybridized carbons (Fsp3) is 0.786. The van der Waals surface area contributed by atoms with E-state index < -0.39 is 0 Å². The highest BCUT2D eigenvalue weighted by Crippen LogP contribution is 2.32. The summed E-state index contributed by atoms with van der Waals surface area (Å²) in [4.78, 5) is 13.9. The number of amides is 1. The lowest BCUT2D eigenvalue weighted by atomic mass is 9.77. The summed E-state index contributed by atoms with van der Waals surface area (Å²) in [6.45, 7) is 4.32. The molecule has 1 N–H and O–H groups in total. The van der Waals surface area contributed by atoms with Crippen LogP contribution in [0.15, 0.2) is 12.7 Å². The molecule has 1 amide bonds. The lowest BCUT2D eigenvalue weighted by Gasteiger charge is -2.40. The topological polar surface area (TPSA) is 32.3 Å². The average Bonchev–Trinajstić information content (AvgIpc) is 2.37. The number of carbonyl (C=O) groups excluding carboxylic acids is 1. The molecule has 96 valence electrons. The number of hydrogen-bond donors (Lipinski definition) is 1. The van der Waals surface area contributed by atoms with E-state index in [2.05, 4.69) is 11.9 Å². The summed E-state index contributed by atoms with van der Waals surface area (Å²) in [7, 11) is 1.86. The van der Waals surface area contributed by atoms with Gasteiger partial charge in [-0.15, -0.1) is 6.58 Å². The Morgan fingerprint density at radius 1 is 1.35 bits per heavy atom. The molecule has 0 radical (unpaired) electrons. The summed E-state index contributed by atoms with van der Waals surface area (Å²) < 4.78 is 0. The predicted molar refractivity (Wildman–Crippen MR) is 69.7 cm³/mol. The maximum Gasteiger partial charge on any atom is 0.239 e. The number of likely N-dealkylation sites (N-methyl/N-ethyl adjacent to an activating group) is 1. The maximum atomic E-state index is 12.2. The Kier molecular flexibility index (Phi) is 4.21. The zero-order valence-electron chi connectivity index (χ0n) is 10.8. The fourth-order valence-corrected chi connectivity index (χ4v) is 3.24. The predicted octanol–water partition coefficient (Wildman–Crippen LogP) is 1.94. The van der Waals surface area contributed by atoms with Crippen LogP contribution in [0.25, 0.3) is 0 Å². The summed E-state index contributed by atoms with van der Waals surface area (Å²) in [6.07, 6.45) is 9.29. The van der Waals surface area contributed by atoms with E-state index >= 15 is 0 Å². The van der Waals surface area contributed by atoms with Crippen molar-refractivity contribution in [2.75, 3.05) is 13.6 Å². The van der Waals surface area contributed by atoms with Gasteiger partial charge < -0.3 is 10.2 Å². The lowest BCUT2D eigenvalue weighted by molar-refractivity contribution is -0.133. The molecule has 2 rings (SSSR count). The SMILES string of the molecule is C=CCN(C)C(=O)C1CCC2CCCCC2N1. The van der Waals surface area contributed by atoms with Gasteiger partial charge in [0, 0.05) is 19.6 Å². The molecule has 3 nitrogen and oxygen atoms in total. The van der Waals surface area contributed by atoms with Crippen LogP contribution in [0, 0.1) is 5.92 Å². The molecule has 17 heavy (non-hydrogen) atoms. The fourth-order valence-electron chi connectivity index (χ4n) is 3.24. The molecule has 2 aliphatic rings. The highest BCUT2D eigenvalue weighted by molar-refractivity contribution is 5.81. The zero-order chi connectivity index (χ0) is 12.3. The molecule has 0 aromatic rings. The van der Waals surface area contributed by atoms with E-state index in [1.165, 1.54) is 32.1 Å². The summed E-state index contributed by atoms with van der Waals surface area (Å²) in [5, 5.41) is 3.57. The maximum absolute atomic E-state index is 12.2. The second-order valence-electron chi connectivity index (χ2n) is 5.46. The minimum absolute atomic E-state index is 0.0410. The highest BCUT2D eigenvalue weighted by Gasteiger charge is 2.35. The number of nitrogens with one attached hydrogen (secondary N) is 1. The van der Waals surface area contributed by atoms with Crippen molar-refractivity contribution in [3.05, 3.63) is 12.7 Å². The molecule has 3 heteroatoms. The molecule has 0 aromatic carbocycles. The van der Waals surface area contributed by atoms with Crippen LogP contribution in [0.5, 0.6) is 0 Å². The number of piperidine rings is 1. The number of rotatable bonds is 3. The van der Waals surface area contributed by atoms with E-state index in [0.29, 0.717) is 12.6 Å². The van der Waals surface area contributed by atoms with Crippen LogP contribution in [0.4, 0.5) is 0 Å². The molecule has 3 unspecified atom stereocenters. The van der Waals surface area contributed by atoms with Crippen molar-refractivity contribution < 1.29 is 4.79 Å². The van der Waals surface area contributed by atoms with Crippen LogP contribution >= 0.6 is 0 Å². The first-order chi connectivity index (χ1) is 8.22. The molecule has 1 saturated carbocycles. The second kappa shape index (κ2) is 5.67. The smallest absolute Gasteiger partial charge is 0.239 e. The number of hydrogen-bond acceptors (Lipinski definition) is 2. The van der Waals surface area contributed by atoms with Gasteiger partial charge in [0.2, 0.25) is 5.91 Å². The van der Waals surface area contributed by atoms with Crippen LogP contribution < -0.4 is 5.32 Å². The number of carbonyl (C=O) groups is 1. The Balaban J connectivity index is 1.90. The minimum atomic E-state index is 0.0410. The van der Waals surface area contributed by atoms with Gasteiger partial charge in [0.1, 0.15) is 0 Å². The third-order valence-corrected chi connectivity index (χ3v) is 4.23. The van der Waals surface area contributed by atoms with Gasteiger partial charge in [-0.3, -0.25) is 4.79 Å². The molecule has 2 fully saturated rings. The molecular formula is C14H24N2O. The average molecular weight is 236 g/mol. The second-order valence-corrected chi connectivity index (χ2v) is 5.46. The van der Waals surface area contributed by atoms with Crippen molar-refractivity contribution in [3.8, 4) is 0 Å². The first-order valence-corrected chi connectivity index (χ1v) is 6.84. The Morgan fingerprint density at radius 2 is 2.12 bits per heavy atom. The van der Waals surface area contributed by atoms with Crippen LogP contribution in [0.2, 0.25) is 0 Å². The number of nitrogens with zero attached hydrogens (tertiary/aromatic N) is 1. The normalized spacial score (nSPS) is 32.6. The quantitative estimate of drug-likeness (QED) is 0.760. The van der Waals surface area contributed by atoms with Crippen LogP contribution in [0.3, 0.4) is 0 Å². The molecule has 1 aliphatic heterocycles. The van der Waals surface area contributed by atoms with E-state index in [9.17, 15) is 4.79 Å². The molecular weight excluding hydrogens is 212 g/mol. The molecule has 3 atom stereocenters. The lowest BCUT2D eigenvalue weighted by Crippen LogP contribution is -2.55. The van der Waals surface area contributed by atoms with Crippen molar-refractivity contribution in [1.82, 2.24) is 10.2 Å².